The minimum atomic E-state index is -1.23. The van der Waals surface area contributed by atoms with Crippen molar-refractivity contribution in [2.24, 2.45) is 5.92 Å². The van der Waals surface area contributed by atoms with E-state index in [1.54, 1.807) is 0 Å². The third-order valence-electron chi connectivity index (χ3n) is 5.76. The number of amides is 1. The molecule has 4 nitrogen and oxygen atoms in total. The van der Waals surface area contributed by atoms with E-state index in [4.69, 9.17) is 9.47 Å². The number of benzene rings is 2. The summed E-state index contributed by atoms with van der Waals surface area (Å²) in [4.78, 5) is 15.2. The molecule has 3 aliphatic rings. The lowest BCUT2D eigenvalue weighted by Crippen LogP contribution is -2.47. The number of rotatable bonds is 4. The highest BCUT2D eigenvalue weighted by Crippen LogP contribution is 2.47. The van der Waals surface area contributed by atoms with Crippen LogP contribution in [0, 0.1) is 12.8 Å². The molecule has 2 aliphatic heterocycles. The number of ether oxygens (including phenoxy) is 2. The standard InChI is InChI=1S/C23H25NO3/c1-16-4-2-5-18(12-16)13-19-8-9-21-20(14-19)23(26-10-3-11-27-23)22(25)24(21)15-17-6-7-17/h2,4-5,8-9,12,14,17H,3,6-7,10-11,13,15H2,1H3. The summed E-state index contributed by atoms with van der Waals surface area (Å²) in [5, 5.41) is 0. The highest BCUT2D eigenvalue weighted by molar-refractivity contribution is 6.06. The van der Waals surface area contributed by atoms with Gasteiger partial charge >= 0.3 is 0 Å². The number of hydrogen-bond donors (Lipinski definition) is 0. The van der Waals surface area contributed by atoms with Crippen molar-refractivity contribution in [2.75, 3.05) is 24.7 Å². The van der Waals surface area contributed by atoms with E-state index in [0.717, 1.165) is 30.6 Å². The van der Waals surface area contributed by atoms with Gasteiger partial charge in [0.2, 0.25) is 0 Å². The number of aryl methyl sites for hydroxylation is 1. The number of nitrogens with zero attached hydrogens (tertiary/aromatic N) is 1. The molecule has 0 atom stereocenters. The fraction of sp³-hybridized carbons (Fsp3) is 0.435. The molecule has 0 aromatic heterocycles. The summed E-state index contributed by atoms with van der Waals surface area (Å²) in [6.45, 7) is 4.01. The molecule has 2 aromatic rings. The molecule has 1 spiro atoms. The lowest BCUT2D eigenvalue weighted by molar-refractivity contribution is -0.256. The Balaban J connectivity index is 1.53. The molecule has 4 heteroatoms. The second-order valence-corrected chi connectivity index (χ2v) is 8.04. The Morgan fingerprint density at radius 1 is 1.07 bits per heavy atom. The molecule has 2 fully saturated rings. The zero-order chi connectivity index (χ0) is 18.4. The first-order valence-electron chi connectivity index (χ1n) is 9.94. The van der Waals surface area contributed by atoms with E-state index < -0.39 is 5.79 Å². The first-order chi connectivity index (χ1) is 13.2. The first-order valence-corrected chi connectivity index (χ1v) is 9.94. The van der Waals surface area contributed by atoms with Gasteiger partial charge in [0.05, 0.1) is 18.9 Å². The zero-order valence-corrected chi connectivity index (χ0v) is 15.7. The van der Waals surface area contributed by atoms with Gasteiger partial charge in [0.25, 0.3) is 11.7 Å². The number of carbonyl (C=O) groups is 1. The fourth-order valence-corrected chi connectivity index (χ4v) is 4.20. The quantitative estimate of drug-likeness (QED) is 0.826. The van der Waals surface area contributed by atoms with Gasteiger partial charge in [-0.05, 0) is 61.8 Å². The molecule has 27 heavy (non-hydrogen) atoms. The summed E-state index contributed by atoms with van der Waals surface area (Å²) >= 11 is 0. The Morgan fingerprint density at radius 2 is 1.85 bits per heavy atom. The molecule has 0 radical (unpaired) electrons. The van der Waals surface area contributed by atoms with Gasteiger partial charge in [-0.1, -0.05) is 35.9 Å². The van der Waals surface area contributed by atoms with Crippen molar-refractivity contribution in [1.82, 2.24) is 0 Å². The van der Waals surface area contributed by atoms with Crippen LogP contribution in [0.3, 0.4) is 0 Å². The van der Waals surface area contributed by atoms with Gasteiger partial charge in [0, 0.05) is 12.1 Å². The predicted octanol–water partition coefficient (Wildman–Crippen LogP) is 3.93. The van der Waals surface area contributed by atoms with Crippen LogP contribution in [-0.2, 0) is 26.5 Å². The van der Waals surface area contributed by atoms with Crippen LogP contribution >= 0.6 is 0 Å². The van der Waals surface area contributed by atoms with E-state index in [-0.39, 0.29) is 5.91 Å². The van der Waals surface area contributed by atoms with Crippen molar-refractivity contribution >= 4 is 11.6 Å². The van der Waals surface area contributed by atoms with Gasteiger partial charge in [0.1, 0.15) is 0 Å². The summed E-state index contributed by atoms with van der Waals surface area (Å²) in [5.41, 5.74) is 5.56. The second-order valence-electron chi connectivity index (χ2n) is 8.04. The molecular formula is C23H25NO3. The van der Waals surface area contributed by atoms with Crippen molar-refractivity contribution in [3.8, 4) is 0 Å². The summed E-state index contributed by atoms with van der Waals surface area (Å²) in [7, 11) is 0. The van der Waals surface area contributed by atoms with Gasteiger partial charge in [-0.25, -0.2) is 0 Å². The minimum absolute atomic E-state index is 0.0446. The van der Waals surface area contributed by atoms with Crippen LogP contribution in [0.2, 0.25) is 0 Å². The summed E-state index contributed by atoms with van der Waals surface area (Å²) in [6, 6.07) is 14.9. The minimum Gasteiger partial charge on any atom is -0.338 e. The first kappa shape index (κ1) is 17.0. The maximum Gasteiger partial charge on any atom is 0.292 e. The van der Waals surface area contributed by atoms with E-state index in [0.29, 0.717) is 19.1 Å². The van der Waals surface area contributed by atoms with Gasteiger partial charge in [-0.15, -0.1) is 0 Å². The normalized spacial score (nSPS) is 20.9. The summed E-state index contributed by atoms with van der Waals surface area (Å²) < 4.78 is 12.0. The second kappa shape index (κ2) is 6.47. The molecule has 5 rings (SSSR count). The highest BCUT2D eigenvalue weighted by Gasteiger charge is 2.55. The number of carbonyl (C=O) groups excluding carboxylic acids is 1. The molecule has 0 N–H and O–H groups in total. The fourth-order valence-electron chi connectivity index (χ4n) is 4.20. The largest absolute Gasteiger partial charge is 0.338 e. The maximum atomic E-state index is 13.3. The van der Waals surface area contributed by atoms with Crippen molar-refractivity contribution in [3.05, 3.63) is 64.7 Å². The average Bonchev–Trinajstić information content (AvgIpc) is 3.47. The molecule has 2 heterocycles. The lowest BCUT2D eigenvalue weighted by Gasteiger charge is -2.32. The zero-order valence-electron chi connectivity index (χ0n) is 15.7. The average molecular weight is 363 g/mol. The van der Waals surface area contributed by atoms with Crippen molar-refractivity contribution in [2.45, 2.75) is 38.4 Å². The Bertz CT molecular complexity index is 881. The van der Waals surface area contributed by atoms with Crippen LogP contribution in [0.15, 0.2) is 42.5 Å². The van der Waals surface area contributed by atoms with Gasteiger partial charge in [0.15, 0.2) is 0 Å². The van der Waals surface area contributed by atoms with E-state index in [1.165, 1.54) is 29.5 Å². The molecule has 1 saturated carbocycles. The molecule has 0 unspecified atom stereocenters. The van der Waals surface area contributed by atoms with Crippen molar-refractivity contribution < 1.29 is 14.3 Å². The Kier molecular flexibility index (Phi) is 4.06. The third-order valence-corrected chi connectivity index (χ3v) is 5.76. The van der Waals surface area contributed by atoms with Crippen LogP contribution in [-0.4, -0.2) is 25.7 Å². The van der Waals surface area contributed by atoms with Crippen LogP contribution < -0.4 is 4.90 Å². The van der Waals surface area contributed by atoms with E-state index in [1.807, 2.05) is 4.90 Å². The Morgan fingerprint density at radius 3 is 2.59 bits per heavy atom. The maximum absolute atomic E-state index is 13.3. The number of anilines is 1. The highest BCUT2D eigenvalue weighted by atomic mass is 16.7. The van der Waals surface area contributed by atoms with E-state index >= 15 is 0 Å². The van der Waals surface area contributed by atoms with Crippen molar-refractivity contribution in [3.63, 3.8) is 0 Å². The topological polar surface area (TPSA) is 38.8 Å². The van der Waals surface area contributed by atoms with Crippen LogP contribution in [0.1, 0.15) is 41.5 Å². The molecule has 2 aromatic carbocycles. The number of fused-ring (bicyclic) bond motifs is 2. The summed E-state index contributed by atoms with van der Waals surface area (Å²) in [6.07, 6.45) is 4.08. The van der Waals surface area contributed by atoms with Gasteiger partial charge < -0.3 is 14.4 Å². The SMILES string of the molecule is Cc1cccc(Cc2ccc3c(c2)C2(OCCCO2)C(=O)N3CC2CC2)c1. The third kappa shape index (κ3) is 2.97. The Hall–Kier alpha value is -2.17. The van der Waals surface area contributed by atoms with Crippen LogP contribution in [0.4, 0.5) is 5.69 Å². The van der Waals surface area contributed by atoms with E-state index in [9.17, 15) is 4.79 Å². The summed E-state index contributed by atoms with van der Waals surface area (Å²) in [5.74, 6) is -0.658. The molecule has 1 amide bonds. The van der Waals surface area contributed by atoms with Crippen molar-refractivity contribution in [1.29, 1.82) is 0 Å². The molecular weight excluding hydrogens is 338 g/mol. The molecule has 0 bridgehead atoms. The Labute approximate surface area is 160 Å². The van der Waals surface area contributed by atoms with Gasteiger partial charge in [-0.3, -0.25) is 4.79 Å². The lowest BCUT2D eigenvalue weighted by atomic mass is 9.98. The number of hydrogen-bond acceptors (Lipinski definition) is 3. The molecule has 1 aliphatic carbocycles. The predicted molar refractivity (Wildman–Crippen MR) is 104 cm³/mol. The molecule has 1 saturated heterocycles. The van der Waals surface area contributed by atoms with E-state index in [2.05, 4.69) is 49.4 Å². The van der Waals surface area contributed by atoms with Gasteiger partial charge in [-0.2, -0.15) is 0 Å². The van der Waals surface area contributed by atoms with Crippen LogP contribution in [0.5, 0.6) is 0 Å². The molecule has 140 valence electrons. The smallest absolute Gasteiger partial charge is 0.292 e. The monoisotopic (exact) mass is 363 g/mol. The van der Waals surface area contributed by atoms with Crippen LogP contribution in [0.25, 0.3) is 0 Å².